The SMILES string of the molecule is C#CCN1CCC(NC(CNC(=O)OC(C)(C)C)C2CC2)CC1. The van der Waals surface area contributed by atoms with Gasteiger partial charge in [0.05, 0.1) is 6.54 Å². The zero-order chi connectivity index (χ0) is 16.9. The second kappa shape index (κ2) is 8.03. The molecular formula is C18H31N3O2. The van der Waals surface area contributed by atoms with Crippen molar-refractivity contribution in [2.24, 2.45) is 5.92 Å². The number of carbonyl (C=O) groups is 1. The first kappa shape index (κ1) is 18.1. The van der Waals surface area contributed by atoms with E-state index in [-0.39, 0.29) is 6.09 Å². The Morgan fingerprint density at radius 2 is 1.96 bits per heavy atom. The van der Waals surface area contributed by atoms with E-state index in [1.807, 2.05) is 20.8 Å². The van der Waals surface area contributed by atoms with Gasteiger partial charge in [0, 0.05) is 31.7 Å². The van der Waals surface area contributed by atoms with E-state index >= 15 is 0 Å². The van der Waals surface area contributed by atoms with Crippen LogP contribution in [0.5, 0.6) is 0 Å². The highest BCUT2D eigenvalue weighted by molar-refractivity contribution is 5.67. The Morgan fingerprint density at radius 3 is 2.48 bits per heavy atom. The normalized spacial score (nSPS) is 21.5. The van der Waals surface area contributed by atoms with Crippen LogP contribution in [-0.2, 0) is 4.74 Å². The van der Waals surface area contributed by atoms with Gasteiger partial charge in [0.25, 0.3) is 0 Å². The smallest absolute Gasteiger partial charge is 0.407 e. The summed E-state index contributed by atoms with van der Waals surface area (Å²) in [6.07, 6.45) is 9.80. The molecule has 0 aromatic heterocycles. The van der Waals surface area contributed by atoms with Gasteiger partial charge >= 0.3 is 6.09 Å². The Bertz CT molecular complexity index is 427. The van der Waals surface area contributed by atoms with Gasteiger partial charge in [0.1, 0.15) is 5.60 Å². The van der Waals surface area contributed by atoms with E-state index in [4.69, 9.17) is 11.2 Å². The van der Waals surface area contributed by atoms with Gasteiger partial charge < -0.3 is 15.4 Å². The van der Waals surface area contributed by atoms with Crippen LogP contribution in [0.15, 0.2) is 0 Å². The van der Waals surface area contributed by atoms with Crippen molar-refractivity contribution in [3.8, 4) is 12.3 Å². The summed E-state index contributed by atoms with van der Waals surface area (Å²) in [6.45, 7) is 9.15. The highest BCUT2D eigenvalue weighted by Gasteiger charge is 2.33. The molecule has 1 aliphatic carbocycles. The first-order chi connectivity index (χ1) is 10.9. The topological polar surface area (TPSA) is 53.6 Å². The van der Waals surface area contributed by atoms with Gasteiger partial charge in [-0.3, -0.25) is 4.90 Å². The highest BCUT2D eigenvalue weighted by Crippen LogP contribution is 2.33. The summed E-state index contributed by atoms with van der Waals surface area (Å²) in [5, 5.41) is 6.67. The number of rotatable bonds is 6. The van der Waals surface area contributed by atoms with Gasteiger partial charge in [0.15, 0.2) is 0 Å². The monoisotopic (exact) mass is 321 g/mol. The molecule has 1 atom stereocenters. The molecule has 130 valence electrons. The van der Waals surface area contributed by atoms with Crippen molar-refractivity contribution in [3.05, 3.63) is 0 Å². The Labute approximate surface area is 140 Å². The number of terminal acetylenes is 1. The standard InChI is InChI=1S/C18H31N3O2/c1-5-10-21-11-8-15(9-12-21)20-16(14-6-7-14)13-19-17(22)23-18(2,3)4/h1,14-16,20H,6-13H2,2-4H3,(H,19,22). The van der Waals surface area contributed by atoms with E-state index in [9.17, 15) is 4.79 Å². The van der Waals surface area contributed by atoms with Crippen molar-refractivity contribution in [1.82, 2.24) is 15.5 Å². The fourth-order valence-electron chi connectivity index (χ4n) is 3.06. The van der Waals surface area contributed by atoms with Crippen molar-refractivity contribution < 1.29 is 9.53 Å². The first-order valence-corrected chi connectivity index (χ1v) is 8.76. The summed E-state index contributed by atoms with van der Waals surface area (Å²) in [5.41, 5.74) is -0.448. The molecule has 2 rings (SSSR count). The van der Waals surface area contributed by atoms with Crippen molar-refractivity contribution in [1.29, 1.82) is 0 Å². The van der Waals surface area contributed by atoms with Gasteiger partial charge in [0.2, 0.25) is 0 Å². The first-order valence-electron chi connectivity index (χ1n) is 8.76. The van der Waals surface area contributed by atoms with E-state index in [0.717, 1.165) is 32.5 Å². The number of likely N-dealkylation sites (tertiary alicyclic amines) is 1. The molecule has 1 saturated heterocycles. The summed E-state index contributed by atoms with van der Waals surface area (Å²) >= 11 is 0. The van der Waals surface area contributed by atoms with Gasteiger partial charge in [-0.05, 0) is 52.4 Å². The van der Waals surface area contributed by atoms with Crippen LogP contribution in [0.2, 0.25) is 0 Å². The molecule has 5 heteroatoms. The highest BCUT2D eigenvalue weighted by atomic mass is 16.6. The molecule has 1 saturated carbocycles. The molecule has 1 heterocycles. The number of alkyl carbamates (subject to hydrolysis) is 1. The van der Waals surface area contributed by atoms with Crippen LogP contribution in [0.4, 0.5) is 4.79 Å². The number of carbonyl (C=O) groups excluding carboxylic acids is 1. The maximum absolute atomic E-state index is 11.8. The largest absolute Gasteiger partial charge is 0.444 e. The average Bonchev–Trinajstić information content (AvgIpc) is 3.28. The minimum absolute atomic E-state index is 0.325. The molecule has 0 aromatic rings. The van der Waals surface area contributed by atoms with Crippen LogP contribution in [0, 0.1) is 18.3 Å². The Hall–Kier alpha value is -1.25. The maximum atomic E-state index is 11.8. The van der Waals surface area contributed by atoms with Crippen molar-refractivity contribution in [3.63, 3.8) is 0 Å². The number of nitrogens with one attached hydrogen (secondary N) is 2. The minimum atomic E-state index is -0.448. The summed E-state index contributed by atoms with van der Waals surface area (Å²) in [5.74, 6) is 3.41. The third-order valence-corrected chi connectivity index (χ3v) is 4.41. The molecule has 23 heavy (non-hydrogen) atoms. The maximum Gasteiger partial charge on any atom is 0.407 e. The number of amides is 1. The van der Waals surface area contributed by atoms with Crippen LogP contribution in [0.1, 0.15) is 46.5 Å². The third kappa shape index (κ3) is 6.80. The van der Waals surface area contributed by atoms with E-state index in [1.54, 1.807) is 0 Å². The molecule has 2 aliphatic rings. The quantitative estimate of drug-likeness (QED) is 0.735. The second-order valence-corrected chi connectivity index (χ2v) is 7.75. The molecule has 1 unspecified atom stereocenters. The van der Waals surface area contributed by atoms with Crippen LogP contribution in [0.3, 0.4) is 0 Å². The molecule has 5 nitrogen and oxygen atoms in total. The van der Waals surface area contributed by atoms with E-state index < -0.39 is 5.60 Å². The lowest BCUT2D eigenvalue weighted by molar-refractivity contribution is 0.0519. The predicted octanol–water partition coefficient (Wildman–Crippen LogP) is 1.98. The van der Waals surface area contributed by atoms with Crippen molar-refractivity contribution in [2.45, 2.75) is 64.1 Å². The zero-order valence-electron chi connectivity index (χ0n) is 14.7. The molecule has 1 aliphatic heterocycles. The van der Waals surface area contributed by atoms with E-state index in [1.165, 1.54) is 12.8 Å². The Morgan fingerprint density at radius 1 is 1.30 bits per heavy atom. The number of hydrogen-bond acceptors (Lipinski definition) is 4. The molecule has 0 radical (unpaired) electrons. The van der Waals surface area contributed by atoms with Crippen LogP contribution in [0.25, 0.3) is 0 Å². The van der Waals surface area contributed by atoms with Crippen LogP contribution < -0.4 is 10.6 Å². The molecule has 0 aromatic carbocycles. The fourth-order valence-corrected chi connectivity index (χ4v) is 3.06. The molecule has 2 fully saturated rings. The molecule has 1 amide bonds. The average molecular weight is 321 g/mol. The molecular weight excluding hydrogens is 290 g/mol. The second-order valence-electron chi connectivity index (χ2n) is 7.75. The fraction of sp³-hybridized carbons (Fsp3) is 0.833. The Kier molecular flexibility index (Phi) is 6.32. The minimum Gasteiger partial charge on any atom is -0.444 e. The molecule has 0 bridgehead atoms. The number of nitrogens with zero attached hydrogens (tertiary/aromatic N) is 1. The van der Waals surface area contributed by atoms with E-state index in [0.29, 0.717) is 24.5 Å². The van der Waals surface area contributed by atoms with Crippen LogP contribution >= 0.6 is 0 Å². The lowest BCUT2D eigenvalue weighted by Crippen LogP contribution is -2.51. The number of piperidine rings is 1. The van der Waals surface area contributed by atoms with Gasteiger partial charge in [-0.2, -0.15) is 0 Å². The Balaban J connectivity index is 1.73. The zero-order valence-corrected chi connectivity index (χ0v) is 14.7. The molecule has 2 N–H and O–H groups in total. The van der Waals surface area contributed by atoms with Crippen molar-refractivity contribution in [2.75, 3.05) is 26.2 Å². The lowest BCUT2D eigenvalue weighted by Gasteiger charge is -2.34. The van der Waals surface area contributed by atoms with Gasteiger partial charge in [-0.1, -0.05) is 5.92 Å². The number of ether oxygens (including phenoxy) is 1. The number of hydrogen-bond donors (Lipinski definition) is 2. The summed E-state index contributed by atoms with van der Waals surface area (Å²) in [6, 6.07) is 0.877. The summed E-state index contributed by atoms with van der Waals surface area (Å²) in [4.78, 5) is 14.1. The predicted molar refractivity (Wildman–Crippen MR) is 92.2 cm³/mol. The van der Waals surface area contributed by atoms with Gasteiger partial charge in [-0.25, -0.2) is 4.79 Å². The molecule has 0 spiro atoms. The lowest BCUT2D eigenvalue weighted by atomic mass is 10.0. The van der Waals surface area contributed by atoms with Crippen LogP contribution in [-0.4, -0.2) is 54.9 Å². The third-order valence-electron chi connectivity index (χ3n) is 4.41. The summed E-state index contributed by atoms with van der Waals surface area (Å²) in [7, 11) is 0. The van der Waals surface area contributed by atoms with E-state index in [2.05, 4.69) is 21.5 Å². The van der Waals surface area contributed by atoms with Crippen molar-refractivity contribution >= 4 is 6.09 Å². The van der Waals surface area contributed by atoms with Gasteiger partial charge in [-0.15, -0.1) is 6.42 Å². The summed E-state index contributed by atoms with van der Waals surface area (Å²) < 4.78 is 5.32.